The highest BCUT2D eigenvalue weighted by molar-refractivity contribution is 5.94. The first kappa shape index (κ1) is 20.2. The lowest BCUT2D eigenvalue weighted by Gasteiger charge is -2.37. The molecule has 7 nitrogen and oxygen atoms in total. The zero-order chi connectivity index (χ0) is 19.9. The van der Waals surface area contributed by atoms with Crippen LogP contribution >= 0.6 is 0 Å². The Labute approximate surface area is 165 Å². The first-order valence-corrected chi connectivity index (χ1v) is 10.2. The van der Waals surface area contributed by atoms with Crippen LogP contribution in [0.4, 0.5) is 4.79 Å². The third-order valence-electron chi connectivity index (χ3n) is 5.83. The normalized spacial score (nSPS) is 25.0. The molecule has 7 heteroatoms. The van der Waals surface area contributed by atoms with E-state index in [-0.39, 0.29) is 29.9 Å². The molecule has 3 amide bonds. The topological polar surface area (TPSA) is 98.7 Å². The summed E-state index contributed by atoms with van der Waals surface area (Å²) in [7, 11) is 0. The van der Waals surface area contributed by atoms with Crippen molar-refractivity contribution in [2.45, 2.75) is 57.0 Å². The van der Waals surface area contributed by atoms with E-state index >= 15 is 0 Å². The summed E-state index contributed by atoms with van der Waals surface area (Å²) in [6.07, 6.45) is 5.49. The standard InChI is InChI=1S/C21H29N3O4/c25-19(15-6-2-1-3-7-15)22-14-18-8-4-5-13-24(18)21(28)23-17-11-9-16(10-12-17)20(26)27/h1-3,6-7,16-18H,4-5,8-14H2,(H,22,25)(H,23,28)(H,26,27). The second-order valence-electron chi connectivity index (χ2n) is 7.76. The number of carbonyl (C=O) groups excluding carboxylic acids is 2. The Hall–Kier alpha value is -2.57. The van der Waals surface area contributed by atoms with Crippen molar-refractivity contribution in [3.05, 3.63) is 35.9 Å². The van der Waals surface area contributed by atoms with E-state index in [0.29, 0.717) is 44.3 Å². The summed E-state index contributed by atoms with van der Waals surface area (Å²) in [5.41, 5.74) is 0.615. The van der Waals surface area contributed by atoms with Gasteiger partial charge in [-0.25, -0.2) is 4.79 Å². The zero-order valence-corrected chi connectivity index (χ0v) is 16.1. The number of rotatable bonds is 5. The molecule has 0 bridgehead atoms. The van der Waals surface area contributed by atoms with Gasteiger partial charge in [-0.2, -0.15) is 0 Å². The maximum absolute atomic E-state index is 12.8. The number of amides is 3. The number of carboxylic acid groups (broad SMARTS) is 1. The highest BCUT2D eigenvalue weighted by Crippen LogP contribution is 2.25. The van der Waals surface area contributed by atoms with Crippen molar-refractivity contribution in [3.8, 4) is 0 Å². The molecule has 2 aliphatic rings. The number of likely N-dealkylation sites (tertiary alicyclic amines) is 1. The van der Waals surface area contributed by atoms with Gasteiger partial charge in [0.05, 0.1) is 12.0 Å². The van der Waals surface area contributed by atoms with Crippen LogP contribution in [0.3, 0.4) is 0 Å². The summed E-state index contributed by atoms with van der Waals surface area (Å²) < 4.78 is 0. The number of carbonyl (C=O) groups is 3. The summed E-state index contributed by atoms with van der Waals surface area (Å²) in [6.45, 7) is 1.12. The number of hydrogen-bond donors (Lipinski definition) is 3. The average molecular weight is 387 g/mol. The van der Waals surface area contributed by atoms with Crippen LogP contribution in [0.5, 0.6) is 0 Å². The first-order valence-electron chi connectivity index (χ1n) is 10.2. The van der Waals surface area contributed by atoms with Crippen molar-refractivity contribution in [2.75, 3.05) is 13.1 Å². The Morgan fingerprint density at radius 2 is 1.71 bits per heavy atom. The van der Waals surface area contributed by atoms with Crippen molar-refractivity contribution < 1.29 is 19.5 Å². The highest BCUT2D eigenvalue weighted by atomic mass is 16.4. The number of piperidine rings is 1. The van der Waals surface area contributed by atoms with E-state index in [4.69, 9.17) is 5.11 Å². The molecule has 1 atom stereocenters. The Morgan fingerprint density at radius 1 is 1.00 bits per heavy atom. The number of nitrogens with one attached hydrogen (secondary N) is 2. The first-order chi connectivity index (χ1) is 13.5. The smallest absolute Gasteiger partial charge is 0.317 e. The van der Waals surface area contributed by atoms with Crippen molar-refractivity contribution in [3.63, 3.8) is 0 Å². The van der Waals surface area contributed by atoms with Gasteiger partial charge in [-0.1, -0.05) is 18.2 Å². The van der Waals surface area contributed by atoms with Crippen LogP contribution < -0.4 is 10.6 Å². The van der Waals surface area contributed by atoms with Crippen LogP contribution in [0, 0.1) is 5.92 Å². The van der Waals surface area contributed by atoms with Crippen LogP contribution in [-0.4, -0.2) is 53.1 Å². The summed E-state index contributed by atoms with van der Waals surface area (Å²) >= 11 is 0. The van der Waals surface area contributed by atoms with Gasteiger partial charge in [0.25, 0.3) is 5.91 Å². The van der Waals surface area contributed by atoms with Crippen LogP contribution in [0.15, 0.2) is 30.3 Å². The monoisotopic (exact) mass is 387 g/mol. The molecule has 1 aromatic carbocycles. The van der Waals surface area contributed by atoms with E-state index in [1.165, 1.54) is 0 Å². The molecule has 1 aromatic rings. The number of nitrogens with zero attached hydrogens (tertiary/aromatic N) is 1. The quantitative estimate of drug-likeness (QED) is 0.723. The predicted octanol–water partition coefficient (Wildman–Crippen LogP) is 2.62. The number of carboxylic acids is 1. The number of hydrogen-bond acceptors (Lipinski definition) is 3. The highest BCUT2D eigenvalue weighted by Gasteiger charge is 2.31. The maximum Gasteiger partial charge on any atom is 0.317 e. The minimum absolute atomic E-state index is 0.0169. The van der Waals surface area contributed by atoms with Gasteiger partial charge in [-0.05, 0) is 57.1 Å². The second kappa shape index (κ2) is 9.57. The van der Waals surface area contributed by atoms with Crippen molar-refractivity contribution >= 4 is 17.9 Å². The fraction of sp³-hybridized carbons (Fsp3) is 0.571. The molecule has 3 N–H and O–H groups in total. The average Bonchev–Trinajstić information content (AvgIpc) is 2.73. The van der Waals surface area contributed by atoms with Gasteiger partial charge in [0.1, 0.15) is 0 Å². The molecule has 152 valence electrons. The molecule has 28 heavy (non-hydrogen) atoms. The van der Waals surface area contributed by atoms with Crippen molar-refractivity contribution in [1.82, 2.24) is 15.5 Å². The Kier molecular flexibility index (Phi) is 6.90. The predicted molar refractivity (Wildman–Crippen MR) is 105 cm³/mol. The minimum Gasteiger partial charge on any atom is -0.481 e. The van der Waals surface area contributed by atoms with Gasteiger partial charge >= 0.3 is 12.0 Å². The lowest BCUT2D eigenvalue weighted by Crippen LogP contribution is -2.54. The van der Waals surface area contributed by atoms with Crippen molar-refractivity contribution in [1.29, 1.82) is 0 Å². The molecule has 1 unspecified atom stereocenters. The van der Waals surface area contributed by atoms with E-state index in [2.05, 4.69) is 10.6 Å². The van der Waals surface area contributed by atoms with E-state index in [9.17, 15) is 14.4 Å². The van der Waals surface area contributed by atoms with E-state index in [1.807, 2.05) is 23.1 Å². The molecule has 1 saturated carbocycles. The SMILES string of the molecule is O=C(NCC1CCCCN1C(=O)NC1CCC(C(=O)O)CC1)c1ccccc1. The van der Waals surface area contributed by atoms with Gasteiger partial charge in [0.2, 0.25) is 0 Å². The summed E-state index contributed by atoms with van der Waals surface area (Å²) in [4.78, 5) is 38.0. The minimum atomic E-state index is -0.741. The Morgan fingerprint density at radius 3 is 2.39 bits per heavy atom. The van der Waals surface area contributed by atoms with Crippen LogP contribution in [0.2, 0.25) is 0 Å². The molecule has 2 fully saturated rings. The van der Waals surface area contributed by atoms with Gasteiger partial charge in [-0.15, -0.1) is 0 Å². The van der Waals surface area contributed by atoms with Gasteiger partial charge in [-0.3, -0.25) is 9.59 Å². The van der Waals surface area contributed by atoms with Gasteiger partial charge in [0, 0.05) is 24.7 Å². The Balaban J connectivity index is 1.50. The maximum atomic E-state index is 12.8. The van der Waals surface area contributed by atoms with Crippen LogP contribution in [0.1, 0.15) is 55.3 Å². The van der Waals surface area contributed by atoms with E-state index in [0.717, 1.165) is 19.3 Å². The molecular formula is C21H29N3O4. The fourth-order valence-electron chi connectivity index (χ4n) is 4.12. The third kappa shape index (κ3) is 5.24. The molecule has 1 heterocycles. The lowest BCUT2D eigenvalue weighted by molar-refractivity contribution is -0.142. The molecule has 3 rings (SSSR count). The van der Waals surface area contributed by atoms with Crippen molar-refractivity contribution in [2.24, 2.45) is 5.92 Å². The van der Waals surface area contributed by atoms with Gasteiger partial charge in [0.15, 0.2) is 0 Å². The lowest BCUT2D eigenvalue weighted by atomic mass is 9.86. The van der Waals surface area contributed by atoms with Crippen LogP contribution in [-0.2, 0) is 4.79 Å². The molecule has 1 aliphatic carbocycles. The molecule has 1 aliphatic heterocycles. The number of aliphatic carboxylic acids is 1. The number of benzene rings is 1. The van der Waals surface area contributed by atoms with E-state index in [1.54, 1.807) is 12.1 Å². The molecule has 0 radical (unpaired) electrons. The molecule has 1 saturated heterocycles. The summed E-state index contributed by atoms with van der Waals surface area (Å²) in [6, 6.07) is 8.98. The third-order valence-corrected chi connectivity index (χ3v) is 5.83. The molecule has 0 spiro atoms. The Bertz CT molecular complexity index is 686. The summed E-state index contributed by atoms with van der Waals surface area (Å²) in [5.74, 6) is -1.15. The summed E-state index contributed by atoms with van der Waals surface area (Å²) in [5, 5.41) is 15.1. The largest absolute Gasteiger partial charge is 0.481 e. The molecular weight excluding hydrogens is 358 g/mol. The second-order valence-corrected chi connectivity index (χ2v) is 7.76. The number of urea groups is 1. The fourth-order valence-corrected chi connectivity index (χ4v) is 4.12. The van der Waals surface area contributed by atoms with Gasteiger partial charge < -0.3 is 20.6 Å². The van der Waals surface area contributed by atoms with E-state index < -0.39 is 5.97 Å². The zero-order valence-electron chi connectivity index (χ0n) is 16.1. The molecule has 0 aromatic heterocycles. The van der Waals surface area contributed by atoms with Crippen LogP contribution in [0.25, 0.3) is 0 Å².